The second-order valence-corrected chi connectivity index (χ2v) is 6.94. The Bertz CT molecular complexity index is 1010. The van der Waals surface area contributed by atoms with E-state index < -0.39 is 0 Å². The summed E-state index contributed by atoms with van der Waals surface area (Å²) in [6.07, 6.45) is 0. The average molecular weight is 310 g/mol. The summed E-state index contributed by atoms with van der Waals surface area (Å²) in [4.78, 5) is 0. The molecular formula is C22H18N2. The van der Waals surface area contributed by atoms with Gasteiger partial charge < -0.3 is 0 Å². The van der Waals surface area contributed by atoms with Gasteiger partial charge in [0.15, 0.2) is 0 Å². The first-order valence-electron chi connectivity index (χ1n) is 7.92. The van der Waals surface area contributed by atoms with Crippen LogP contribution in [0.25, 0.3) is 21.9 Å². The molecule has 0 bridgehead atoms. The van der Waals surface area contributed by atoms with Gasteiger partial charge in [0.25, 0.3) is 0 Å². The molecule has 0 spiro atoms. The van der Waals surface area contributed by atoms with Crippen molar-refractivity contribution in [3.05, 3.63) is 71.3 Å². The van der Waals surface area contributed by atoms with Crippen LogP contribution in [-0.4, -0.2) is 0 Å². The predicted octanol–water partition coefficient (Wildman–Crippen LogP) is 5.55. The molecule has 3 aromatic rings. The number of nitrogens with zero attached hydrogens (tertiary/aromatic N) is 2. The fourth-order valence-electron chi connectivity index (χ4n) is 3.11. The Morgan fingerprint density at radius 1 is 0.750 bits per heavy atom. The predicted molar refractivity (Wildman–Crippen MR) is 97.5 cm³/mol. The van der Waals surface area contributed by atoms with Crippen molar-refractivity contribution < 1.29 is 0 Å². The van der Waals surface area contributed by atoms with E-state index in [1.165, 1.54) is 0 Å². The Morgan fingerprint density at radius 3 is 2.04 bits per heavy atom. The van der Waals surface area contributed by atoms with Gasteiger partial charge in [-0.3, -0.25) is 0 Å². The van der Waals surface area contributed by atoms with Gasteiger partial charge in [-0.1, -0.05) is 63.2 Å². The molecule has 0 aliphatic heterocycles. The van der Waals surface area contributed by atoms with Crippen LogP contribution >= 0.6 is 0 Å². The van der Waals surface area contributed by atoms with Crippen LogP contribution in [0.15, 0.2) is 54.6 Å². The Balaban J connectivity index is 2.27. The molecule has 24 heavy (non-hydrogen) atoms. The van der Waals surface area contributed by atoms with E-state index in [2.05, 4.69) is 39.0 Å². The molecule has 0 radical (unpaired) electrons. The van der Waals surface area contributed by atoms with E-state index in [1.54, 1.807) is 0 Å². The molecule has 3 rings (SSSR count). The topological polar surface area (TPSA) is 47.6 Å². The minimum atomic E-state index is -0.0731. The van der Waals surface area contributed by atoms with Crippen LogP contribution < -0.4 is 0 Å². The Morgan fingerprint density at radius 2 is 1.42 bits per heavy atom. The molecule has 116 valence electrons. The van der Waals surface area contributed by atoms with Gasteiger partial charge in [0.1, 0.15) is 0 Å². The Hall–Kier alpha value is -3.10. The molecule has 2 heteroatoms. The molecule has 0 amide bonds. The molecule has 0 N–H and O–H groups in total. The summed E-state index contributed by atoms with van der Waals surface area (Å²) in [7, 11) is 0. The fourth-order valence-corrected chi connectivity index (χ4v) is 3.11. The number of nitriles is 2. The molecule has 0 aliphatic carbocycles. The SMILES string of the molecule is CC(C)(C)c1ccc(-c2ccc(C#N)c3ccccc23)cc1C#N. The van der Waals surface area contributed by atoms with E-state index in [9.17, 15) is 10.5 Å². The molecule has 3 aromatic carbocycles. The fraction of sp³-hybridized carbons (Fsp3) is 0.182. The van der Waals surface area contributed by atoms with Gasteiger partial charge in [-0.25, -0.2) is 0 Å². The van der Waals surface area contributed by atoms with E-state index in [4.69, 9.17) is 0 Å². The van der Waals surface area contributed by atoms with Crippen LogP contribution in [0.1, 0.15) is 37.5 Å². The largest absolute Gasteiger partial charge is 0.192 e. The number of fused-ring (bicyclic) bond motifs is 1. The molecular weight excluding hydrogens is 292 g/mol. The number of hydrogen-bond acceptors (Lipinski definition) is 2. The highest BCUT2D eigenvalue weighted by molar-refractivity contribution is 5.99. The van der Waals surface area contributed by atoms with Crippen molar-refractivity contribution in [1.29, 1.82) is 10.5 Å². The number of rotatable bonds is 1. The standard InChI is InChI=1S/C22H18N2/c1-22(2,3)21-11-9-15(12-17(21)14-24)19-10-8-16(13-23)18-6-4-5-7-20(18)19/h4-12H,1-3H3. The molecule has 0 unspecified atom stereocenters. The third kappa shape index (κ3) is 2.64. The van der Waals surface area contributed by atoms with Crippen LogP contribution in [0.4, 0.5) is 0 Å². The maximum absolute atomic E-state index is 9.56. The lowest BCUT2D eigenvalue weighted by Gasteiger charge is -2.21. The van der Waals surface area contributed by atoms with Crippen LogP contribution in [0.3, 0.4) is 0 Å². The summed E-state index contributed by atoms with van der Waals surface area (Å²) >= 11 is 0. The van der Waals surface area contributed by atoms with E-state index in [1.807, 2.05) is 48.5 Å². The lowest BCUT2D eigenvalue weighted by Crippen LogP contribution is -2.13. The minimum absolute atomic E-state index is 0.0731. The van der Waals surface area contributed by atoms with Gasteiger partial charge in [-0.05, 0) is 39.6 Å². The molecule has 0 saturated heterocycles. The lowest BCUT2D eigenvalue weighted by molar-refractivity contribution is 0.588. The van der Waals surface area contributed by atoms with E-state index in [-0.39, 0.29) is 5.41 Å². The highest BCUT2D eigenvalue weighted by atomic mass is 14.3. The first-order chi connectivity index (χ1) is 11.5. The van der Waals surface area contributed by atoms with Gasteiger partial charge in [0, 0.05) is 5.39 Å². The van der Waals surface area contributed by atoms with E-state index >= 15 is 0 Å². The monoisotopic (exact) mass is 310 g/mol. The molecule has 0 atom stereocenters. The van der Waals surface area contributed by atoms with E-state index in [0.717, 1.165) is 27.5 Å². The van der Waals surface area contributed by atoms with E-state index in [0.29, 0.717) is 11.1 Å². The van der Waals surface area contributed by atoms with Gasteiger partial charge in [0.05, 0.1) is 23.3 Å². The van der Waals surface area contributed by atoms with Gasteiger partial charge in [0.2, 0.25) is 0 Å². The third-order valence-corrected chi connectivity index (χ3v) is 4.30. The summed E-state index contributed by atoms with van der Waals surface area (Å²) < 4.78 is 0. The van der Waals surface area contributed by atoms with Gasteiger partial charge in [-0.15, -0.1) is 0 Å². The maximum Gasteiger partial charge on any atom is 0.0998 e. The lowest BCUT2D eigenvalue weighted by atomic mass is 9.82. The van der Waals surface area contributed by atoms with Crippen molar-refractivity contribution in [1.82, 2.24) is 0 Å². The van der Waals surface area contributed by atoms with Crippen molar-refractivity contribution in [3.63, 3.8) is 0 Å². The zero-order valence-electron chi connectivity index (χ0n) is 14.1. The van der Waals surface area contributed by atoms with Crippen LogP contribution in [0, 0.1) is 22.7 Å². The summed E-state index contributed by atoms with van der Waals surface area (Å²) in [6.45, 7) is 6.33. The average Bonchev–Trinajstić information content (AvgIpc) is 2.59. The molecule has 2 nitrogen and oxygen atoms in total. The summed E-state index contributed by atoms with van der Waals surface area (Å²) in [6, 6.07) is 22.4. The second-order valence-electron chi connectivity index (χ2n) is 6.94. The zero-order valence-corrected chi connectivity index (χ0v) is 14.1. The van der Waals surface area contributed by atoms with Crippen LogP contribution in [-0.2, 0) is 5.41 Å². The smallest absolute Gasteiger partial charge is 0.0998 e. The number of hydrogen-bond donors (Lipinski definition) is 0. The summed E-state index contributed by atoms with van der Waals surface area (Å²) in [5.41, 5.74) is 4.39. The zero-order chi connectivity index (χ0) is 17.3. The number of benzene rings is 3. The van der Waals surface area contributed by atoms with Crippen molar-refractivity contribution in [3.8, 4) is 23.3 Å². The molecule has 0 aliphatic rings. The third-order valence-electron chi connectivity index (χ3n) is 4.30. The van der Waals surface area contributed by atoms with Crippen molar-refractivity contribution in [2.45, 2.75) is 26.2 Å². The minimum Gasteiger partial charge on any atom is -0.192 e. The molecule has 0 heterocycles. The second kappa shape index (κ2) is 5.84. The summed E-state index contributed by atoms with van der Waals surface area (Å²) in [5, 5.41) is 20.8. The Kier molecular flexibility index (Phi) is 3.84. The Labute approximate surface area is 142 Å². The maximum atomic E-state index is 9.56. The molecule has 0 fully saturated rings. The van der Waals surface area contributed by atoms with Crippen LogP contribution in [0.2, 0.25) is 0 Å². The van der Waals surface area contributed by atoms with Crippen molar-refractivity contribution in [2.24, 2.45) is 0 Å². The van der Waals surface area contributed by atoms with Crippen LogP contribution in [0.5, 0.6) is 0 Å². The van der Waals surface area contributed by atoms with Crippen molar-refractivity contribution in [2.75, 3.05) is 0 Å². The quantitative estimate of drug-likeness (QED) is 0.591. The first kappa shape index (κ1) is 15.8. The van der Waals surface area contributed by atoms with Gasteiger partial charge in [-0.2, -0.15) is 10.5 Å². The molecule has 0 aromatic heterocycles. The summed E-state index contributed by atoms with van der Waals surface area (Å²) in [5.74, 6) is 0. The van der Waals surface area contributed by atoms with Crippen molar-refractivity contribution >= 4 is 10.8 Å². The highest BCUT2D eigenvalue weighted by Crippen LogP contribution is 2.34. The normalized spacial score (nSPS) is 11.0. The first-order valence-corrected chi connectivity index (χ1v) is 7.92. The van der Waals surface area contributed by atoms with Gasteiger partial charge >= 0.3 is 0 Å². The molecule has 0 saturated carbocycles. The highest BCUT2D eigenvalue weighted by Gasteiger charge is 2.19.